The molecule has 0 atom stereocenters. The van der Waals surface area contributed by atoms with E-state index in [9.17, 15) is 13.2 Å². The summed E-state index contributed by atoms with van der Waals surface area (Å²) in [5.74, 6) is -1.41. The molecule has 1 heterocycles. The molecule has 0 fully saturated rings. The zero-order valence-corrected chi connectivity index (χ0v) is 9.92. The van der Waals surface area contributed by atoms with E-state index in [4.69, 9.17) is 0 Å². The second kappa shape index (κ2) is 4.48. The van der Waals surface area contributed by atoms with E-state index in [1.165, 1.54) is 0 Å². The predicted octanol–water partition coefficient (Wildman–Crippen LogP) is 3.65. The number of benzene rings is 1. The molecule has 0 unspecified atom stereocenters. The Hall–Kier alpha value is -1.37. The van der Waals surface area contributed by atoms with Gasteiger partial charge in [-0.25, -0.2) is 0 Å². The molecule has 1 aromatic heterocycles. The van der Waals surface area contributed by atoms with Crippen LogP contribution in [0.5, 0.6) is 0 Å². The van der Waals surface area contributed by atoms with Crippen LogP contribution in [-0.2, 0) is 11.5 Å². The molecule has 17 heavy (non-hydrogen) atoms. The minimum atomic E-state index is -4.59. The summed E-state index contributed by atoms with van der Waals surface area (Å²) in [7, 11) is 0. The number of aromatic nitrogens is 2. The van der Waals surface area contributed by atoms with E-state index < -0.39 is 12.0 Å². The first-order chi connectivity index (χ1) is 8.00. The van der Waals surface area contributed by atoms with Gasteiger partial charge in [0.05, 0.1) is 0 Å². The molecule has 0 aliphatic heterocycles. The third-order valence-electron chi connectivity index (χ3n) is 2.03. The average molecular weight is 307 g/mol. The monoisotopic (exact) mass is 306 g/mol. The maximum Gasteiger partial charge on any atom is 0.455 e. The SMILES string of the molecule is FC(F)(F)c1noc(-c2ccc(CBr)cc2)n1. The van der Waals surface area contributed by atoms with E-state index in [1.54, 1.807) is 24.3 Å². The Balaban J connectivity index is 2.30. The maximum atomic E-state index is 12.2. The highest BCUT2D eigenvalue weighted by Gasteiger charge is 2.37. The normalized spacial score (nSPS) is 11.8. The second-order valence-corrected chi connectivity index (χ2v) is 3.81. The van der Waals surface area contributed by atoms with Crippen molar-refractivity contribution in [3.8, 4) is 11.5 Å². The number of halogens is 4. The van der Waals surface area contributed by atoms with Gasteiger partial charge in [0, 0.05) is 10.9 Å². The van der Waals surface area contributed by atoms with Crippen LogP contribution in [0.3, 0.4) is 0 Å². The summed E-state index contributed by atoms with van der Waals surface area (Å²) in [6.07, 6.45) is -4.59. The van der Waals surface area contributed by atoms with Crippen LogP contribution < -0.4 is 0 Å². The molecule has 0 aliphatic rings. The van der Waals surface area contributed by atoms with E-state index in [0.717, 1.165) is 5.56 Å². The van der Waals surface area contributed by atoms with Gasteiger partial charge in [0.2, 0.25) is 0 Å². The van der Waals surface area contributed by atoms with Crippen molar-refractivity contribution in [1.29, 1.82) is 0 Å². The van der Waals surface area contributed by atoms with Crippen LogP contribution in [0.2, 0.25) is 0 Å². The molecule has 0 N–H and O–H groups in total. The largest absolute Gasteiger partial charge is 0.455 e. The topological polar surface area (TPSA) is 38.9 Å². The molecule has 2 rings (SSSR count). The number of rotatable bonds is 2. The molecule has 0 spiro atoms. The Labute approximate surface area is 103 Å². The predicted molar refractivity (Wildman–Crippen MR) is 57.4 cm³/mol. The molecular formula is C10H6BrF3N2O. The molecular weight excluding hydrogens is 301 g/mol. The minimum absolute atomic E-state index is 0.140. The standard InChI is InChI=1S/C10H6BrF3N2O/c11-5-6-1-3-7(4-2-6)8-15-9(16-17-8)10(12,13)14/h1-4H,5H2. The quantitative estimate of drug-likeness (QED) is 0.795. The zero-order valence-electron chi connectivity index (χ0n) is 8.33. The highest BCUT2D eigenvalue weighted by Crippen LogP contribution is 2.28. The summed E-state index contributed by atoms with van der Waals surface area (Å²) in [4.78, 5) is 3.29. The van der Waals surface area contributed by atoms with Crippen molar-refractivity contribution in [2.45, 2.75) is 11.5 Å². The fourth-order valence-electron chi connectivity index (χ4n) is 1.19. The van der Waals surface area contributed by atoms with Crippen molar-refractivity contribution in [3.05, 3.63) is 35.7 Å². The summed E-state index contributed by atoms with van der Waals surface area (Å²) in [5.41, 5.74) is 1.46. The van der Waals surface area contributed by atoms with Gasteiger partial charge in [-0.1, -0.05) is 33.2 Å². The summed E-state index contributed by atoms with van der Waals surface area (Å²) < 4.78 is 41.3. The van der Waals surface area contributed by atoms with E-state index >= 15 is 0 Å². The molecule has 90 valence electrons. The molecule has 0 aliphatic carbocycles. The van der Waals surface area contributed by atoms with Crippen molar-refractivity contribution < 1.29 is 17.7 Å². The molecule has 0 radical (unpaired) electrons. The first-order valence-corrected chi connectivity index (χ1v) is 5.69. The van der Waals surface area contributed by atoms with Gasteiger partial charge in [-0.15, -0.1) is 0 Å². The third kappa shape index (κ3) is 2.66. The highest BCUT2D eigenvalue weighted by molar-refractivity contribution is 9.08. The van der Waals surface area contributed by atoms with Crippen molar-refractivity contribution in [2.75, 3.05) is 0 Å². The summed E-state index contributed by atoms with van der Waals surface area (Å²) in [6, 6.07) is 6.79. The summed E-state index contributed by atoms with van der Waals surface area (Å²) >= 11 is 3.27. The van der Waals surface area contributed by atoms with Crippen LogP contribution >= 0.6 is 15.9 Å². The third-order valence-corrected chi connectivity index (χ3v) is 2.68. The summed E-state index contributed by atoms with van der Waals surface area (Å²) in [6.45, 7) is 0. The van der Waals surface area contributed by atoms with Gasteiger partial charge in [0.15, 0.2) is 0 Å². The van der Waals surface area contributed by atoms with E-state index in [-0.39, 0.29) is 5.89 Å². The van der Waals surface area contributed by atoms with Crippen LogP contribution in [0.15, 0.2) is 28.8 Å². The van der Waals surface area contributed by atoms with Crippen LogP contribution in [0.1, 0.15) is 11.4 Å². The Morgan fingerprint density at radius 3 is 2.29 bits per heavy atom. The Morgan fingerprint density at radius 1 is 1.18 bits per heavy atom. The van der Waals surface area contributed by atoms with Crippen LogP contribution in [-0.4, -0.2) is 10.1 Å². The number of alkyl halides is 4. The van der Waals surface area contributed by atoms with E-state index in [2.05, 4.69) is 30.6 Å². The van der Waals surface area contributed by atoms with Gasteiger partial charge >= 0.3 is 6.18 Å². The summed E-state index contributed by atoms with van der Waals surface area (Å²) in [5, 5.41) is 3.56. The zero-order chi connectivity index (χ0) is 12.5. The van der Waals surface area contributed by atoms with Crippen LogP contribution in [0, 0.1) is 0 Å². The lowest BCUT2D eigenvalue weighted by atomic mass is 10.1. The first-order valence-electron chi connectivity index (χ1n) is 4.57. The lowest BCUT2D eigenvalue weighted by Gasteiger charge is -1.97. The lowest BCUT2D eigenvalue weighted by Crippen LogP contribution is -2.07. The molecule has 0 saturated carbocycles. The molecule has 3 nitrogen and oxygen atoms in total. The second-order valence-electron chi connectivity index (χ2n) is 3.25. The minimum Gasteiger partial charge on any atom is -0.334 e. The van der Waals surface area contributed by atoms with Crippen LogP contribution in [0.4, 0.5) is 13.2 Å². The first kappa shape index (κ1) is 12.1. The fourth-order valence-corrected chi connectivity index (χ4v) is 1.57. The van der Waals surface area contributed by atoms with Gasteiger partial charge < -0.3 is 4.52 Å². The van der Waals surface area contributed by atoms with Crippen LogP contribution in [0.25, 0.3) is 11.5 Å². The Morgan fingerprint density at radius 2 is 1.82 bits per heavy atom. The Bertz CT molecular complexity index is 507. The fraction of sp³-hybridized carbons (Fsp3) is 0.200. The number of hydrogen-bond donors (Lipinski definition) is 0. The Kier molecular flexibility index (Phi) is 3.19. The van der Waals surface area contributed by atoms with Gasteiger partial charge in [0.1, 0.15) is 0 Å². The molecule has 7 heteroatoms. The number of nitrogens with zero attached hydrogens (tertiary/aromatic N) is 2. The van der Waals surface area contributed by atoms with Gasteiger partial charge in [-0.3, -0.25) is 0 Å². The van der Waals surface area contributed by atoms with Crippen molar-refractivity contribution in [2.24, 2.45) is 0 Å². The van der Waals surface area contributed by atoms with Crippen molar-refractivity contribution >= 4 is 15.9 Å². The van der Waals surface area contributed by atoms with Gasteiger partial charge in [-0.2, -0.15) is 18.2 Å². The number of hydrogen-bond acceptors (Lipinski definition) is 3. The van der Waals surface area contributed by atoms with E-state index in [0.29, 0.717) is 10.9 Å². The molecule has 0 bridgehead atoms. The maximum absolute atomic E-state index is 12.2. The van der Waals surface area contributed by atoms with Gasteiger partial charge in [0.25, 0.3) is 11.7 Å². The molecule has 1 aromatic carbocycles. The lowest BCUT2D eigenvalue weighted by molar-refractivity contribution is -0.146. The van der Waals surface area contributed by atoms with E-state index in [1.807, 2.05) is 0 Å². The smallest absolute Gasteiger partial charge is 0.334 e. The average Bonchev–Trinajstić information content (AvgIpc) is 2.78. The molecule has 2 aromatic rings. The van der Waals surface area contributed by atoms with Crippen molar-refractivity contribution in [3.63, 3.8) is 0 Å². The van der Waals surface area contributed by atoms with Gasteiger partial charge in [-0.05, 0) is 17.7 Å². The highest BCUT2D eigenvalue weighted by atomic mass is 79.9. The van der Waals surface area contributed by atoms with Crippen molar-refractivity contribution in [1.82, 2.24) is 10.1 Å². The molecule has 0 amide bonds. The molecule has 0 saturated heterocycles.